The second-order valence-corrected chi connectivity index (χ2v) is 6.40. The molecule has 0 spiro atoms. The summed E-state index contributed by atoms with van der Waals surface area (Å²) in [5, 5.41) is 15.8. The topological polar surface area (TPSA) is 101 Å². The Labute approximate surface area is 161 Å². The van der Waals surface area contributed by atoms with Crippen molar-refractivity contribution in [2.45, 2.75) is 12.3 Å². The lowest BCUT2D eigenvalue weighted by molar-refractivity contribution is 0.0696. The third kappa shape index (κ3) is 3.98. The zero-order valence-electron chi connectivity index (χ0n) is 14.9. The van der Waals surface area contributed by atoms with Crippen molar-refractivity contribution in [2.75, 3.05) is 6.61 Å². The van der Waals surface area contributed by atoms with Gasteiger partial charge in [-0.2, -0.15) is 5.10 Å². The fourth-order valence-electron chi connectivity index (χ4n) is 2.99. The molecule has 0 fully saturated rings. The number of nitrogens with zero attached hydrogens (tertiary/aromatic N) is 3. The normalized spacial score (nSPS) is 15.9. The minimum atomic E-state index is -0.973. The van der Waals surface area contributed by atoms with Gasteiger partial charge in [0.2, 0.25) is 0 Å². The zero-order chi connectivity index (χ0) is 19.3. The summed E-state index contributed by atoms with van der Waals surface area (Å²) in [6.45, 7) is 0.422. The number of aromatic amines is 1. The van der Waals surface area contributed by atoms with Gasteiger partial charge >= 0.3 is 5.97 Å². The number of hydrogen-bond acceptors (Lipinski definition) is 5. The van der Waals surface area contributed by atoms with Crippen molar-refractivity contribution in [3.63, 3.8) is 0 Å². The molecule has 0 radical (unpaired) electrons. The van der Waals surface area contributed by atoms with Gasteiger partial charge in [-0.3, -0.25) is 15.1 Å². The second kappa shape index (κ2) is 7.87. The first-order chi connectivity index (χ1) is 13.7. The van der Waals surface area contributed by atoms with Gasteiger partial charge in [-0.15, -0.1) is 0 Å². The van der Waals surface area contributed by atoms with Crippen molar-refractivity contribution >= 4 is 5.97 Å². The van der Waals surface area contributed by atoms with Gasteiger partial charge in [0.05, 0.1) is 23.1 Å². The second-order valence-electron chi connectivity index (χ2n) is 6.40. The predicted octanol–water partition coefficient (Wildman–Crippen LogP) is 3.61. The van der Waals surface area contributed by atoms with E-state index in [1.54, 1.807) is 24.5 Å². The van der Waals surface area contributed by atoms with E-state index in [0.717, 1.165) is 29.1 Å². The molecule has 1 unspecified atom stereocenters. The Morgan fingerprint density at radius 2 is 2.11 bits per heavy atom. The molecule has 1 aliphatic carbocycles. The smallest absolute Gasteiger partial charge is 0.337 e. The molecule has 0 amide bonds. The molecule has 0 aliphatic heterocycles. The Morgan fingerprint density at radius 3 is 2.79 bits per heavy atom. The minimum Gasteiger partial charge on any atom is -0.487 e. The summed E-state index contributed by atoms with van der Waals surface area (Å²) in [6.07, 6.45) is 11.8. The molecule has 3 aromatic rings. The number of pyridine rings is 2. The lowest BCUT2D eigenvalue weighted by Gasteiger charge is -2.17. The van der Waals surface area contributed by atoms with E-state index >= 15 is 0 Å². The summed E-state index contributed by atoms with van der Waals surface area (Å²) in [7, 11) is 0. The Kier molecular flexibility index (Phi) is 4.97. The first-order valence-electron chi connectivity index (χ1n) is 8.84. The quantitative estimate of drug-likeness (QED) is 0.683. The van der Waals surface area contributed by atoms with Crippen LogP contribution in [0.1, 0.15) is 28.4 Å². The average molecular weight is 374 g/mol. The standard InChI is InChI=1S/C21H18N4O3/c26-21(27)16-4-6-18(22-11-16)15-3-1-2-14(10-15)13-28-17-5-7-19(23-12-17)20-8-9-24-25-20/h1-2,4-12,15H,3,13H2,(H,24,25)(H,26,27). The Balaban J connectivity index is 1.40. The molecular weight excluding hydrogens is 356 g/mol. The number of carboxylic acid groups (broad SMARTS) is 1. The maximum atomic E-state index is 11.0. The van der Waals surface area contributed by atoms with E-state index in [-0.39, 0.29) is 11.5 Å². The third-order valence-electron chi connectivity index (χ3n) is 4.47. The van der Waals surface area contributed by atoms with Crippen LogP contribution in [0.2, 0.25) is 0 Å². The molecule has 3 heterocycles. The van der Waals surface area contributed by atoms with Crippen LogP contribution in [0.4, 0.5) is 0 Å². The predicted molar refractivity (Wildman–Crippen MR) is 103 cm³/mol. The van der Waals surface area contributed by atoms with E-state index in [2.05, 4.69) is 32.3 Å². The Hall–Kier alpha value is -3.74. The monoisotopic (exact) mass is 374 g/mol. The van der Waals surface area contributed by atoms with Gasteiger partial charge < -0.3 is 9.84 Å². The van der Waals surface area contributed by atoms with E-state index in [1.807, 2.05) is 24.3 Å². The molecule has 7 heteroatoms. The maximum absolute atomic E-state index is 11.0. The van der Waals surface area contributed by atoms with Gasteiger partial charge in [0.25, 0.3) is 0 Å². The lowest BCUT2D eigenvalue weighted by atomic mass is 9.93. The van der Waals surface area contributed by atoms with Gasteiger partial charge in [0.1, 0.15) is 12.4 Å². The van der Waals surface area contributed by atoms with Crippen molar-refractivity contribution in [2.24, 2.45) is 0 Å². The van der Waals surface area contributed by atoms with Crippen LogP contribution in [-0.2, 0) is 0 Å². The fourth-order valence-corrected chi connectivity index (χ4v) is 2.99. The Bertz CT molecular complexity index is 1010. The summed E-state index contributed by atoms with van der Waals surface area (Å²) in [5.74, 6) is -0.185. The highest BCUT2D eigenvalue weighted by Gasteiger charge is 2.14. The molecule has 28 heavy (non-hydrogen) atoms. The van der Waals surface area contributed by atoms with E-state index in [9.17, 15) is 4.79 Å². The fraction of sp³-hybridized carbons (Fsp3) is 0.143. The highest BCUT2D eigenvalue weighted by Crippen LogP contribution is 2.26. The van der Waals surface area contributed by atoms with E-state index in [0.29, 0.717) is 12.4 Å². The molecule has 0 aromatic carbocycles. The van der Waals surface area contributed by atoms with Crippen molar-refractivity contribution in [3.8, 4) is 17.1 Å². The lowest BCUT2D eigenvalue weighted by Crippen LogP contribution is -2.07. The highest BCUT2D eigenvalue weighted by atomic mass is 16.5. The van der Waals surface area contributed by atoms with Crippen molar-refractivity contribution in [1.29, 1.82) is 0 Å². The molecule has 1 aliphatic rings. The summed E-state index contributed by atoms with van der Waals surface area (Å²) < 4.78 is 5.85. The number of rotatable bonds is 6. The number of H-pyrrole nitrogens is 1. The number of nitrogens with one attached hydrogen (secondary N) is 1. The molecule has 2 N–H and O–H groups in total. The van der Waals surface area contributed by atoms with Gasteiger partial charge in [0.15, 0.2) is 0 Å². The minimum absolute atomic E-state index is 0.104. The van der Waals surface area contributed by atoms with Crippen LogP contribution < -0.4 is 4.74 Å². The molecule has 140 valence electrons. The summed E-state index contributed by atoms with van der Waals surface area (Å²) in [5.41, 5.74) is 3.73. The number of allylic oxidation sites excluding steroid dienone is 2. The molecule has 7 nitrogen and oxygen atoms in total. The van der Waals surface area contributed by atoms with Gasteiger partial charge in [-0.25, -0.2) is 4.79 Å². The molecule has 1 atom stereocenters. The van der Waals surface area contributed by atoms with E-state index < -0.39 is 5.97 Å². The van der Waals surface area contributed by atoms with Crippen molar-refractivity contribution in [1.82, 2.24) is 20.2 Å². The van der Waals surface area contributed by atoms with Gasteiger partial charge in [-0.05, 0) is 42.3 Å². The molecule has 0 saturated heterocycles. The number of carboxylic acids is 1. The first-order valence-corrected chi connectivity index (χ1v) is 8.84. The number of aromatic carboxylic acids is 1. The summed E-state index contributed by atoms with van der Waals surface area (Å²) in [6, 6.07) is 8.96. The van der Waals surface area contributed by atoms with E-state index in [1.165, 1.54) is 6.20 Å². The van der Waals surface area contributed by atoms with E-state index in [4.69, 9.17) is 9.84 Å². The molecule has 0 bridgehead atoms. The SMILES string of the molecule is O=C(O)c1ccc(C2C=C(COc3ccc(-c4ccn[nH]4)nc3)C=CC2)nc1. The molecule has 3 aromatic heterocycles. The molecule has 4 rings (SSSR count). The maximum Gasteiger partial charge on any atom is 0.337 e. The first kappa shape index (κ1) is 17.7. The largest absolute Gasteiger partial charge is 0.487 e. The molecule has 0 saturated carbocycles. The zero-order valence-corrected chi connectivity index (χ0v) is 14.9. The number of carbonyl (C=O) groups is 1. The average Bonchev–Trinajstić information content (AvgIpc) is 3.28. The van der Waals surface area contributed by atoms with Crippen molar-refractivity contribution in [3.05, 3.63) is 84.0 Å². The van der Waals surface area contributed by atoms with Crippen LogP contribution >= 0.6 is 0 Å². The number of aromatic nitrogens is 4. The van der Waals surface area contributed by atoms with Gasteiger partial charge in [0, 0.05) is 24.0 Å². The van der Waals surface area contributed by atoms with Crippen molar-refractivity contribution < 1.29 is 14.6 Å². The van der Waals surface area contributed by atoms with Crippen LogP contribution in [-0.4, -0.2) is 37.8 Å². The summed E-state index contributed by atoms with van der Waals surface area (Å²) >= 11 is 0. The third-order valence-corrected chi connectivity index (χ3v) is 4.47. The van der Waals surface area contributed by atoms with Crippen LogP contribution in [0.25, 0.3) is 11.4 Å². The number of ether oxygens (including phenoxy) is 1. The van der Waals surface area contributed by atoms with Gasteiger partial charge in [-0.1, -0.05) is 18.2 Å². The van der Waals surface area contributed by atoms with Crippen LogP contribution in [0, 0.1) is 0 Å². The molecular formula is C21H18N4O3. The summed E-state index contributed by atoms with van der Waals surface area (Å²) in [4.78, 5) is 19.6. The van der Waals surface area contributed by atoms with Crippen LogP contribution in [0.3, 0.4) is 0 Å². The number of hydrogen-bond donors (Lipinski definition) is 2. The van der Waals surface area contributed by atoms with Crippen LogP contribution in [0.5, 0.6) is 5.75 Å². The Morgan fingerprint density at radius 1 is 1.18 bits per heavy atom. The van der Waals surface area contributed by atoms with Crippen LogP contribution in [0.15, 0.2) is 72.7 Å². The highest BCUT2D eigenvalue weighted by molar-refractivity contribution is 5.87.